The van der Waals surface area contributed by atoms with Crippen molar-refractivity contribution in [1.29, 1.82) is 0 Å². The number of fused-ring (bicyclic) bond motifs is 2. The number of hydrogen-bond donors (Lipinski definition) is 2. The summed E-state index contributed by atoms with van der Waals surface area (Å²) in [5, 5.41) is 18.7. The zero-order valence-corrected chi connectivity index (χ0v) is 15.0. The van der Waals surface area contributed by atoms with Crippen LogP contribution in [-0.2, 0) is 0 Å². The fourth-order valence-corrected chi connectivity index (χ4v) is 3.51. The molecule has 6 nitrogen and oxygen atoms in total. The average molecular weight is 374 g/mol. The van der Waals surface area contributed by atoms with Crippen molar-refractivity contribution in [2.24, 2.45) is 0 Å². The second-order valence-corrected chi connectivity index (χ2v) is 6.80. The number of hydrogen-bond acceptors (Lipinski definition) is 6. The Morgan fingerprint density at radius 3 is 2.73 bits per heavy atom. The lowest BCUT2D eigenvalue weighted by atomic mass is 10.1. The second-order valence-electron chi connectivity index (χ2n) is 5.67. The molecule has 0 amide bonds. The van der Waals surface area contributed by atoms with Crippen LogP contribution < -0.4 is 10.2 Å². The molecule has 0 aliphatic heterocycles. The number of benzene rings is 2. The van der Waals surface area contributed by atoms with E-state index in [2.05, 4.69) is 6.92 Å². The molecule has 136 valence electrons. The highest BCUT2D eigenvalue weighted by molar-refractivity contribution is 7.99. The van der Waals surface area contributed by atoms with Gasteiger partial charge in [-0.15, -0.1) is 11.8 Å². The van der Waals surface area contributed by atoms with E-state index in [1.807, 2.05) is 0 Å². The van der Waals surface area contributed by atoms with Gasteiger partial charge >= 0.3 is 5.97 Å². The number of ether oxygens (including phenoxy) is 1. The number of thioether (sulfide) groups is 1. The first-order valence-corrected chi connectivity index (χ1v) is 9.18. The van der Waals surface area contributed by atoms with Crippen LogP contribution in [0.15, 0.2) is 44.4 Å². The molecule has 3 rings (SSSR count). The van der Waals surface area contributed by atoms with Gasteiger partial charge in [-0.3, -0.25) is 4.79 Å². The van der Waals surface area contributed by atoms with Crippen molar-refractivity contribution in [3.63, 3.8) is 0 Å². The second kappa shape index (κ2) is 7.80. The van der Waals surface area contributed by atoms with Crippen LogP contribution in [0.5, 0.6) is 5.75 Å². The number of aliphatic hydroxyl groups excluding tert-OH is 1. The number of carboxylic acids is 1. The van der Waals surface area contributed by atoms with Crippen LogP contribution in [0.4, 0.5) is 0 Å². The summed E-state index contributed by atoms with van der Waals surface area (Å²) in [4.78, 5) is 24.9. The maximum Gasteiger partial charge on any atom is 0.335 e. The molecule has 0 fully saturated rings. The van der Waals surface area contributed by atoms with Gasteiger partial charge in [-0.05, 0) is 42.5 Å². The van der Waals surface area contributed by atoms with Gasteiger partial charge < -0.3 is 19.4 Å². The molecule has 0 saturated heterocycles. The van der Waals surface area contributed by atoms with Crippen molar-refractivity contribution < 1.29 is 24.2 Å². The molecule has 0 aliphatic carbocycles. The van der Waals surface area contributed by atoms with E-state index in [9.17, 15) is 9.59 Å². The Morgan fingerprint density at radius 1 is 1.23 bits per heavy atom. The molecular formula is C19H18O6S. The molecule has 1 aromatic heterocycles. The van der Waals surface area contributed by atoms with Gasteiger partial charge in [0.05, 0.1) is 27.8 Å². The van der Waals surface area contributed by atoms with Gasteiger partial charge in [0, 0.05) is 0 Å². The highest BCUT2D eigenvalue weighted by Crippen LogP contribution is 2.33. The predicted molar refractivity (Wildman–Crippen MR) is 101 cm³/mol. The smallest absolute Gasteiger partial charge is 0.335 e. The quantitative estimate of drug-likeness (QED) is 0.482. The maximum absolute atomic E-state index is 12.9. The first-order chi connectivity index (χ1) is 12.5. The van der Waals surface area contributed by atoms with Crippen molar-refractivity contribution in [3.05, 3.63) is 46.1 Å². The molecule has 0 spiro atoms. The van der Waals surface area contributed by atoms with Crippen molar-refractivity contribution in [2.45, 2.75) is 18.2 Å². The molecule has 0 radical (unpaired) electrons. The van der Waals surface area contributed by atoms with Crippen LogP contribution in [0.25, 0.3) is 21.9 Å². The zero-order chi connectivity index (χ0) is 18.7. The summed E-state index contributed by atoms with van der Waals surface area (Å²) < 4.78 is 11.4. The fraction of sp³-hybridized carbons (Fsp3) is 0.263. The number of aromatic carboxylic acids is 1. The SMILES string of the molecule is CCCSc1cc(OCCO)cc2c(=O)c3cc(C(=O)O)ccc3oc12. The Labute approximate surface area is 153 Å². The maximum atomic E-state index is 12.9. The van der Waals surface area contributed by atoms with E-state index in [1.165, 1.54) is 18.2 Å². The summed E-state index contributed by atoms with van der Waals surface area (Å²) in [6.07, 6.45) is 0.952. The van der Waals surface area contributed by atoms with Crippen LogP contribution in [0.3, 0.4) is 0 Å². The fourth-order valence-electron chi connectivity index (χ4n) is 2.60. The summed E-state index contributed by atoms with van der Waals surface area (Å²) in [5.41, 5.74) is 0.518. The number of rotatable bonds is 7. The van der Waals surface area contributed by atoms with Gasteiger partial charge in [0.25, 0.3) is 0 Å². The van der Waals surface area contributed by atoms with Crippen LogP contribution in [0.1, 0.15) is 23.7 Å². The van der Waals surface area contributed by atoms with Crippen molar-refractivity contribution in [3.8, 4) is 5.75 Å². The number of carboxylic acid groups (broad SMARTS) is 1. The normalized spacial score (nSPS) is 11.2. The summed E-state index contributed by atoms with van der Waals surface area (Å²) >= 11 is 1.55. The van der Waals surface area contributed by atoms with E-state index in [4.69, 9.17) is 19.4 Å². The Kier molecular flexibility index (Phi) is 5.49. The summed E-state index contributed by atoms with van der Waals surface area (Å²) in [6, 6.07) is 7.60. The van der Waals surface area contributed by atoms with Crippen LogP contribution >= 0.6 is 11.8 Å². The highest BCUT2D eigenvalue weighted by atomic mass is 32.2. The third kappa shape index (κ3) is 3.54. The van der Waals surface area contributed by atoms with Crippen LogP contribution in [-0.4, -0.2) is 35.1 Å². The summed E-state index contributed by atoms with van der Waals surface area (Å²) in [5.74, 6) is 0.204. The van der Waals surface area contributed by atoms with E-state index in [1.54, 1.807) is 23.9 Å². The molecule has 0 atom stereocenters. The molecule has 7 heteroatoms. The Bertz CT molecular complexity index is 1020. The zero-order valence-electron chi connectivity index (χ0n) is 14.2. The summed E-state index contributed by atoms with van der Waals surface area (Å²) in [6.45, 7) is 2.04. The standard InChI is InChI=1S/C19H18O6S/c1-2-7-26-16-10-12(24-6-5-20)9-14-17(21)13-8-11(19(22)23)3-4-15(13)25-18(14)16/h3-4,8-10,20H,2,5-7H2,1H3,(H,22,23). The minimum atomic E-state index is -1.11. The van der Waals surface area contributed by atoms with Crippen molar-refractivity contribution in [2.75, 3.05) is 19.0 Å². The van der Waals surface area contributed by atoms with Crippen molar-refractivity contribution in [1.82, 2.24) is 0 Å². The van der Waals surface area contributed by atoms with Crippen molar-refractivity contribution >= 4 is 39.7 Å². The lowest BCUT2D eigenvalue weighted by Crippen LogP contribution is -2.07. The van der Waals surface area contributed by atoms with E-state index in [0.717, 1.165) is 17.1 Å². The van der Waals surface area contributed by atoms with E-state index >= 15 is 0 Å². The van der Waals surface area contributed by atoms with Crippen LogP contribution in [0, 0.1) is 0 Å². The molecule has 2 aromatic carbocycles. The molecule has 0 bridgehead atoms. The number of carbonyl (C=O) groups is 1. The van der Waals surface area contributed by atoms with E-state index in [0.29, 0.717) is 22.3 Å². The van der Waals surface area contributed by atoms with Gasteiger partial charge in [-0.25, -0.2) is 4.79 Å². The first kappa shape index (κ1) is 18.3. The molecule has 26 heavy (non-hydrogen) atoms. The van der Waals surface area contributed by atoms with Gasteiger partial charge in [0.15, 0.2) is 5.58 Å². The molecule has 3 aromatic rings. The lowest BCUT2D eigenvalue weighted by molar-refractivity contribution is 0.0697. The van der Waals surface area contributed by atoms with Gasteiger partial charge in [-0.1, -0.05) is 6.92 Å². The van der Waals surface area contributed by atoms with Gasteiger partial charge in [0.2, 0.25) is 5.43 Å². The monoisotopic (exact) mass is 374 g/mol. The Hall–Kier alpha value is -2.51. The Balaban J connectivity index is 2.27. The predicted octanol–water partition coefficient (Wildman–Crippen LogP) is 3.52. The topological polar surface area (TPSA) is 97.0 Å². The third-order valence-corrected chi connectivity index (χ3v) is 5.00. The minimum Gasteiger partial charge on any atom is -0.491 e. The molecule has 0 unspecified atom stereocenters. The number of aliphatic hydroxyl groups is 1. The third-order valence-electron chi connectivity index (χ3n) is 3.78. The molecule has 0 aliphatic rings. The van der Waals surface area contributed by atoms with E-state index < -0.39 is 5.97 Å². The summed E-state index contributed by atoms with van der Waals surface area (Å²) in [7, 11) is 0. The minimum absolute atomic E-state index is 0.0254. The average Bonchev–Trinajstić information content (AvgIpc) is 2.64. The highest BCUT2D eigenvalue weighted by Gasteiger charge is 2.15. The molecular weight excluding hydrogens is 356 g/mol. The molecule has 2 N–H and O–H groups in total. The molecule has 1 heterocycles. The molecule has 0 saturated carbocycles. The first-order valence-electron chi connectivity index (χ1n) is 8.19. The Morgan fingerprint density at radius 2 is 2.04 bits per heavy atom. The van der Waals surface area contributed by atoms with Gasteiger partial charge in [-0.2, -0.15) is 0 Å². The van der Waals surface area contributed by atoms with Crippen LogP contribution in [0.2, 0.25) is 0 Å². The van der Waals surface area contributed by atoms with E-state index in [-0.39, 0.29) is 29.6 Å². The lowest BCUT2D eigenvalue weighted by Gasteiger charge is -2.11. The largest absolute Gasteiger partial charge is 0.491 e. The van der Waals surface area contributed by atoms with Gasteiger partial charge in [0.1, 0.15) is 17.9 Å².